The predicted molar refractivity (Wildman–Crippen MR) is 125 cm³/mol. The van der Waals surface area contributed by atoms with Crippen LogP contribution in [-0.2, 0) is 0 Å². The van der Waals surface area contributed by atoms with Crippen molar-refractivity contribution in [3.8, 4) is 0 Å². The SMILES string of the molecule is Cc1ccc(C(=O)CC(C)(C)C)cc1Nc1nc(N2CCC(n3ccnn3)CC2)ncc1F. The van der Waals surface area contributed by atoms with Crippen LogP contribution in [0.3, 0.4) is 0 Å². The molecule has 0 saturated carbocycles. The van der Waals surface area contributed by atoms with Crippen LogP contribution in [0.1, 0.15) is 62.0 Å². The van der Waals surface area contributed by atoms with Gasteiger partial charge in [0.25, 0.3) is 0 Å². The van der Waals surface area contributed by atoms with Gasteiger partial charge in [-0.3, -0.25) is 4.79 Å². The summed E-state index contributed by atoms with van der Waals surface area (Å²) in [6, 6.07) is 5.75. The second kappa shape index (κ2) is 9.25. The Balaban J connectivity index is 1.50. The molecule has 9 heteroatoms. The fraction of sp³-hybridized carbons (Fsp3) is 0.458. The van der Waals surface area contributed by atoms with Crippen molar-refractivity contribution in [3.63, 3.8) is 0 Å². The number of nitrogens with one attached hydrogen (secondary N) is 1. The normalized spacial score (nSPS) is 15.0. The van der Waals surface area contributed by atoms with Crippen LogP contribution in [0.15, 0.2) is 36.8 Å². The summed E-state index contributed by atoms with van der Waals surface area (Å²) in [7, 11) is 0. The van der Waals surface area contributed by atoms with Crippen molar-refractivity contribution in [3.05, 3.63) is 53.7 Å². The summed E-state index contributed by atoms with van der Waals surface area (Å²) < 4.78 is 16.5. The second-order valence-electron chi connectivity index (χ2n) is 9.78. The first-order chi connectivity index (χ1) is 15.7. The number of hydrogen-bond acceptors (Lipinski definition) is 7. The van der Waals surface area contributed by atoms with Gasteiger partial charge < -0.3 is 10.2 Å². The van der Waals surface area contributed by atoms with Gasteiger partial charge in [-0.25, -0.2) is 14.1 Å². The van der Waals surface area contributed by atoms with E-state index in [4.69, 9.17) is 0 Å². The smallest absolute Gasteiger partial charge is 0.227 e. The molecule has 33 heavy (non-hydrogen) atoms. The minimum atomic E-state index is -0.540. The van der Waals surface area contributed by atoms with Crippen molar-refractivity contribution in [1.82, 2.24) is 25.0 Å². The highest BCUT2D eigenvalue weighted by Crippen LogP contribution is 2.28. The summed E-state index contributed by atoms with van der Waals surface area (Å²) in [6.45, 7) is 9.49. The van der Waals surface area contributed by atoms with E-state index in [1.165, 1.54) is 6.20 Å². The number of nitrogens with zero attached hydrogens (tertiary/aromatic N) is 6. The van der Waals surface area contributed by atoms with E-state index in [0.29, 0.717) is 23.6 Å². The second-order valence-corrected chi connectivity index (χ2v) is 9.78. The lowest BCUT2D eigenvalue weighted by atomic mass is 9.87. The van der Waals surface area contributed by atoms with Gasteiger partial charge in [-0.15, -0.1) is 5.10 Å². The van der Waals surface area contributed by atoms with Gasteiger partial charge in [0.15, 0.2) is 17.4 Å². The van der Waals surface area contributed by atoms with Crippen LogP contribution < -0.4 is 10.2 Å². The molecule has 0 bridgehead atoms. The molecule has 2 aromatic heterocycles. The molecule has 1 fully saturated rings. The van der Waals surface area contributed by atoms with Gasteiger partial charge in [-0.05, 0) is 36.8 Å². The molecule has 0 radical (unpaired) electrons. The number of piperidine rings is 1. The van der Waals surface area contributed by atoms with Crippen LogP contribution in [0, 0.1) is 18.2 Å². The molecule has 0 amide bonds. The molecule has 1 aliphatic heterocycles. The monoisotopic (exact) mass is 451 g/mol. The van der Waals surface area contributed by atoms with Gasteiger partial charge in [-0.1, -0.05) is 38.1 Å². The summed E-state index contributed by atoms with van der Waals surface area (Å²) in [4.78, 5) is 23.4. The summed E-state index contributed by atoms with van der Waals surface area (Å²) >= 11 is 0. The molecule has 8 nitrogen and oxygen atoms in total. The summed E-state index contributed by atoms with van der Waals surface area (Å²) in [5.74, 6) is 0.0993. The number of halogens is 1. The first-order valence-electron chi connectivity index (χ1n) is 11.2. The first kappa shape index (κ1) is 22.8. The van der Waals surface area contributed by atoms with Gasteiger partial charge in [0, 0.05) is 37.0 Å². The molecule has 1 N–H and O–H groups in total. The number of carbonyl (C=O) groups excluding carboxylic acids is 1. The number of ketones is 1. The zero-order valence-corrected chi connectivity index (χ0v) is 19.5. The topological polar surface area (TPSA) is 88.8 Å². The van der Waals surface area contributed by atoms with E-state index in [1.807, 2.05) is 55.6 Å². The van der Waals surface area contributed by atoms with E-state index in [0.717, 1.165) is 31.5 Å². The Morgan fingerprint density at radius 2 is 2.00 bits per heavy atom. The Labute approximate surface area is 193 Å². The van der Waals surface area contributed by atoms with E-state index in [1.54, 1.807) is 12.3 Å². The quantitative estimate of drug-likeness (QED) is 0.543. The lowest BCUT2D eigenvalue weighted by molar-refractivity contribution is 0.0940. The lowest BCUT2D eigenvalue weighted by Gasteiger charge is -2.31. The number of anilines is 3. The number of benzene rings is 1. The molecule has 1 saturated heterocycles. The minimum Gasteiger partial charge on any atom is -0.341 e. The number of Topliss-reactive ketones (excluding diaryl/α,β-unsaturated/α-hetero) is 1. The third-order valence-corrected chi connectivity index (χ3v) is 5.80. The zero-order valence-electron chi connectivity index (χ0n) is 19.5. The van der Waals surface area contributed by atoms with Crippen LogP contribution in [0.2, 0.25) is 0 Å². The van der Waals surface area contributed by atoms with E-state index in [-0.39, 0.29) is 23.1 Å². The Hall–Kier alpha value is -3.36. The fourth-order valence-electron chi connectivity index (χ4n) is 3.98. The molecule has 1 aromatic carbocycles. The minimum absolute atomic E-state index is 0.0599. The van der Waals surface area contributed by atoms with Crippen LogP contribution >= 0.6 is 0 Å². The van der Waals surface area contributed by atoms with Crippen molar-refractivity contribution in [2.45, 2.75) is 53.0 Å². The first-order valence-corrected chi connectivity index (χ1v) is 11.2. The molecule has 0 atom stereocenters. The van der Waals surface area contributed by atoms with Crippen molar-refractivity contribution in [2.75, 3.05) is 23.3 Å². The molecular weight excluding hydrogens is 421 g/mol. The van der Waals surface area contributed by atoms with Crippen molar-refractivity contribution < 1.29 is 9.18 Å². The lowest BCUT2D eigenvalue weighted by Crippen LogP contribution is -2.36. The molecule has 0 aliphatic carbocycles. The zero-order chi connectivity index (χ0) is 23.6. The van der Waals surface area contributed by atoms with Crippen LogP contribution in [-0.4, -0.2) is 43.8 Å². The van der Waals surface area contributed by atoms with Crippen molar-refractivity contribution in [1.29, 1.82) is 0 Å². The number of rotatable bonds is 6. The van der Waals surface area contributed by atoms with Crippen LogP contribution in [0.25, 0.3) is 0 Å². The molecule has 3 aromatic rings. The summed E-state index contributed by atoms with van der Waals surface area (Å²) in [5.41, 5.74) is 2.05. The summed E-state index contributed by atoms with van der Waals surface area (Å²) in [5, 5.41) is 11.1. The molecule has 4 rings (SSSR count). The van der Waals surface area contributed by atoms with Gasteiger partial charge in [0.05, 0.1) is 18.4 Å². The standard InChI is InChI=1S/C24H30FN7O/c1-16-5-6-17(21(33)14-24(2,3)4)13-20(16)28-22-19(25)15-26-23(29-22)31-10-7-18(8-11-31)32-12-9-27-30-32/h5-6,9,12-13,15,18H,7-8,10-11,14H2,1-4H3,(H,26,28,29). The number of aromatic nitrogens is 5. The van der Waals surface area contributed by atoms with E-state index in [2.05, 4.69) is 25.6 Å². The average molecular weight is 452 g/mol. The fourth-order valence-corrected chi connectivity index (χ4v) is 3.98. The maximum Gasteiger partial charge on any atom is 0.227 e. The molecular formula is C24H30FN7O. The highest BCUT2D eigenvalue weighted by Gasteiger charge is 2.24. The maximum atomic E-state index is 14.6. The molecule has 0 unspecified atom stereocenters. The third kappa shape index (κ3) is 5.53. The van der Waals surface area contributed by atoms with Crippen LogP contribution in [0.5, 0.6) is 0 Å². The summed E-state index contributed by atoms with van der Waals surface area (Å²) in [6.07, 6.45) is 6.94. The third-order valence-electron chi connectivity index (χ3n) is 5.80. The highest BCUT2D eigenvalue weighted by molar-refractivity contribution is 5.97. The van der Waals surface area contributed by atoms with E-state index in [9.17, 15) is 9.18 Å². The number of carbonyl (C=O) groups is 1. The van der Waals surface area contributed by atoms with Crippen LogP contribution in [0.4, 0.5) is 21.8 Å². The van der Waals surface area contributed by atoms with Crippen molar-refractivity contribution in [2.24, 2.45) is 5.41 Å². The molecule has 0 spiro atoms. The Morgan fingerprint density at radius 3 is 2.67 bits per heavy atom. The predicted octanol–water partition coefficient (Wildman–Crippen LogP) is 4.72. The highest BCUT2D eigenvalue weighted by atomic mass is 19.1. The van der Waals surface area contributed by atoms with Gasteiger partial charge in [-0.2, -0.15) is 4.98 Å². The van der Waals surface area contributed by atoms with Gasteiger partial charge in [0.1, 0.15) is 0 Å². The Bertz CT molecular complexity index is 1120. The Morgan fingerprint density at radius 1 is 1.24 bits per heavy atom. The molecule has 3 heterocycles. The van der Waals surface area contributed by atoms with E-state index < -0.39 is 5.82 Å². The van der Waals surface area contributed by atoms with Gasteiger partial charge in [0.2, 0.25) is 5.95 Å². The van der Waals surface area contributed by atoms with E-state index >= 15 is 0 Å². The maximum absolute atomic E-state index is 14.6. The molecule has 174 valence electrons. The number of aryl methyl sites for hydroxylation is 1. The largest absolute Gasteiger partial charge is 0.341 e. The number of hydrogen-bond donors (Lipinski definition) is 1. The van der Waals surface area contributed by atoms with Crippen molar-refractivity contribution >= 4 is 23.2 Å². The average Bonchev–Trinajstić information content (AvgIpc) is 3.30. The van der Waals surface area contributed by atoms with Gasteiger partial charge >= 0.3 is 0 Å². The Kier molecular flexibility index (Phi) is 6.40. The molecule has 1 aliphatic rings.